The summed E-state index contributed by atoms with van der Waals surface area (Å²) in [7, 11) is -2.06. The molecule has 0 aliphatic rings. The van der Waals surface area contributed by atoms with Crippen molar-refractivity contribution in [1.82, 2.24) is 0 Å². The maximum atomic E-state index is 14.8. The zero-order valence-corrected chi connectivity index (χ0v) is 14.0. The second-order valence-electron chi connectivity index (χ2n) is 5.92. The van der Waals surface area contributed by atoms with Crippen molar-refractivity contribution in [3.05, 3.63) is 77.6 Å². The summed E-state index contributed by atoms with van der Waals surface area (Å²) in [6.45, 7) is 5.86. The first-order chi connectivity index (χ1) is 10.4. The first-order valence-electron chi connectivity index (χ1n) is 7.12. The number of hydrogen-bond acceptors (Lipinski definition) is 2. The van der Waals surface area contributed by atoms with Gasteiger partial charge in [0, 0.05) is 11.1 Å². The maximum Gasteiger partial charge on any atom is 0.242 e. The van der Waals surface area contributed by atoms with Crippen molar-refractivity contribution >= 4 is 19.9 Å². The number of Topliss-reactive ketones (excluding diaryl/α,β-unsaturated/α-hetero) is 1. The van der Waals surface area contributed by atoms with Crippen LogP contribution in [0.2, 0.25) is 19.6 Å². The van der Waals surface area contributed by atoms with Crippen LogP contribution in [0.3, 0.4) is 0 Å². The minimum absolute atomic E-state index is 0.0358. The SMILES string of the molecule is C[Si](C)(C)O/C(=C(/F)C(=O)c1ccccc1)c1ccccc1. The number of hydrogen-bond donors (Lipinski definition) is 0. The van der Waals surface area contributed by atoms with Gasteiger partial charge >= 0.3 is 0 Å². The Labute approximate surface area is 131 Å². The van der Waals surface area contributed by atoms with Crippen molar-refractivity contribution in [2.24, 2.45) is 0 Å². The van der Waals surface area contributed by atoms with Gasteiger partial charge < -0.3 is 4.43 Å². The van der Waals surface area contributed by atoms with Gasteiger partial charge in [0.1, 0.15) is 0 Å². The summed E-state index contributed by atoms with van der Waals surface area (Å²) in [5.41, 5.74) is 0.888. The molecule has 2 aromatic carbocycles. The minimum atomic E-state index is -2.06. The van der Waals surface area contributed by atoms with Gasteiger partial charge in [0.05, 0.1) is 0 Å². The molecule has 114 valence electrons. The van der Waals surface area contributed by atoms with Crippen molar-refractivity contribution in [3.63, 3.8) is 0 Å². The summed E-state index contributed by atoms with van der Waals surface area (Å²) in [5, 5.41) is 0. The molecule has 2 aromatic rings. The quantitative estimate of drug-likeness (QED) is 0.334. The molecule has 0 aliphatic carbocycles. The van der Waals surface area contributed by atoms with Crippen molar-refractivity contribution in [2.45, 2.75) is 19.6 Å². The van der Waals surface area contributed by atoms with E-state index in [1.165, 1.54) is 0 Å². The van der Waals surface area contributed by atoms with E-state index in [-0.39, 0.29) is 5.76 Å². The monoisotopic (exact) mass is 314 g/mol. The number of halogens is 1. The van der Waals surface area contributed by atoms with E-state index in [0.717, 1.165) is 0 Å². The van der Waals surface area contributed by atoms with Crippen LogP contribution in [0.15, 0.2) is 66.5 Å². The lowest BCUT2D eigenvalue weighted by molar-refractivity contribution is 0.100. The van der Waals surface area contributed by atoms with E-state index >= 15 is 0 Å². The molecular weight excluding hydrogens is 295 g/mol. The average molecular weight is 314 g/mol. The normalized spacial score (nSPS) is 12.5. The molecule has 0 N–H and O–H groups in total. The van der Waals surface area contributed by atoms with E-state index in [1.54, 1.807) is 54.6 Å². The van der Waals surface area contributed by atoms with Crippen molar-refractivity contribution in [3.8, 4) is 0 Å². The van der Waals surface area contributed by atoms with Crippen LogP contribution in [0.4, 0.5) is 4.39 Å². The van der Waals surface area contributed by atoms with Crippen molar-refractivity contribution in [1.29, 1.82) is 0 Å². The Morgan fingerprint density at radius 2 is 1.32 bits per heavy atom. The van der Waals surface area contributed by atoms with Gasteiger partial charge in [0.2, 0.25) is 19.9 Å². The van der Waals surface area contributed by atoms with Gasteiger partial charge in [-0.2, -0.15) is 4.39 Å². The number of carbonyl (C=O) groups is 1. The summed E-state index contributed by atoms with van der Waals surface area (Å²) in [5.74, 6) is -1.47. The number of rotatable bonds is 5. The maximum absolute atomic E-state index is 14.8. The van der Waals surface area contributed by atoms with E-state index in [9.17, 15) is 9.18 Å². The standard InChI is InChI=1S/C18H19FO2Si/c1-22(2,3)21-18(15-12-8-5-9-13-15)16(19)17(20)14-10-6-4-7-11-14/h4-13H,1-3H3/b18-16+. The van der Waals surface area contributed by atoms with E-state index in [0.29, 0.717) is 11.1 Å². The topological polar surface area (TPSA) is 26.3 Å². The highest BCUT2D eigenvalue weighted by molar-refractivity contribution is 6.70. The van der Waals surface area contributed by atoms with Gasteiger partial charge in [0.25, 0.3) is 0 Å². The predicted molar refractivity (Wildman–Crippen MR) is 89.7 cm³/mol. The van der Waals surface area contributed by atoms with E-state index < -0.39 is 19.9 Å². The second-order valence-corrected chi connectivity index (χ2v) is 10.3. The van der Waals surface area contributed by atoms with E-state index in [1.807, 2.05) is 25.7 Å². The Balaban J connectivity index is 2.49. The molecule has 0 unspecified atom stereocenters. The van der Waals surface area contributed by atoms with E-state index in [2.05, 4.69) is 0 Å². The fraction of sp³-hybridized carbons (Fsp3) is 0.167. The molecule has 0 amide bonds. The van der Waals surface area contributed by atoms with Gasteiger partial charge in [-0.3, -0.25) is 4.79 Å². The molecule has 22 heavy (non-hydrogen) atoms. The highest BCUT2D eigenvalue weighted by Crippen LogP contribution is 2.27. The molecular formula is C18H19FO2Si. The molecule has 0 bridgehead atoms. The molecule has 0 spiro atoms. The highest BCUT2D eigenvalue weighted by atomic mass is 28.4. The first kappa shape index (κ1) is 16.2. The van der Waals surface area contributed by atoms with E-state index in [4.69, 9.17) is 4.43 Å². The first-order valence-corrected chi connectivity index (χ1v) is 10.5. The predicted octanol–water partition coefficient (Wildman–Crippen LogP) is 5.06. The highest BCUT2D eigenvalue weighted by Gasteiger charge is 2.25. The van der Waals surface area contributed by atoms with Crippen LogP contribution < -0.4 is 0 Å². The van der Waals surface area contributed by atoms with Crippen LogP contribution in [-0.4, -0.2) is 14.1 Å². The van der Waals surface area contributed by atoms with Crippen LogP contribution in [-0.2, 0) is 4.43 Å². The summed E-state index contributed by atoms with van der Waals surface area (Å²) >= 11 is 0. The largest absolute Gasteiger partial charge is 0.542 e. The lowest BCUT2D eigenvalue weighted by Crippen LogP contribution is -2.25. The van der Waals surface area contributed by atoms with Crippen LogP contribution in [0.25, 0.3) is 5.76 Å². The van der Waals surface area contributed by atoms with Crippen LogP contribution in [0.5, 0.6) is 0 Å². The Bertz CT molecular complexity index is 673. The molecule has 0 atom stereocenters. The number of carbonyl (C=O) groups excluding carboxylic acids is 1. The average Bonchev–Trinajstić information content (AvgIpc) is 2.52. The second kappa shape index (κ2) is 6.71. The summed E-state index contributed by atoms with van der Waals surface area (Å²) in [4.78, 5) is 12.3. The lowest BCUT2D eigenvalue weighted by Gasteiger charge is -2.22. The van der Waals surface area contributed by atoms with Gasteiger partial charge in [0.15, 0.2) is 5.76 Å². The number of benzene rings is 2. The number of allylic oxidation sites excluding steroid dienone is 1. The Kier molecular flexibility index (Phi) is 4.93. The van der Waals surface area contributed by atoms with Gasteiger partial charge in [-0.25, -0.2) is 0 Å². The fourth-order valence-electron chi connectivity index (χ4n) is 1.95. The van der Waals surface area contributed by atoms with Gasteiger partial charge in [-0.05, 0) is 19.6 Å². The fourth-order valence-corrected chi connectivity index (χ4v) is 2.77. The van der Waals surface area contributed by atoms with Crippen LogP contribution in [0, 0.1) is 0 Å². The summed E-state index contributed by atoms with van der Waals surface area (Å²) in [6, 6.07) is 17.3. The molecule has 0 aromatic heterocycles. The third-order valence-corrected chi connectivity index (χ3v) is 3.70. The third-order valence-electron chi connectivity index (χ3n) is 2.88. The lowest BCUT2D eigenvalue weighted by atomic mass is 10.1. The van der Waals surface area contributed by atoms with Crippen LogP contribution >= 0.6 is 0 Å². The van der Waals surface area contributed by atoms with Gasteiger partial charge in [-0.15, -0.1) is 0 Å². The molecule has 0 heterocycles. The summed E-state index contributed by atoms with van der Waals surface area (Å²) < 4.78 is 20.6. The zero-order valence-electron chi connectivity index (χ0n) is 13.0. The molecule has 4 heteroatoms. The Hall–Kier alpha value is -2.20. The summed E-state index contributed by atoms with van der Waals surface area (Å²) in [6.07, 6.45) is 0. The molecule has 2 rings (SSSR count). The Morgan fingerprint density at radius 3 is 1.77 bits per heavy atom. The molecule has 0 saturated heterocycles. The molecule has 0 radical (unpaired) electrons. The van der Waals surface area contributed by atoms with Crippen molar-refractivity contribution in [2.75, 3.05) is 0 Å². The smallest absolute Gasteiger partial charge is 0.242 e. The van der Waals surface area contributed by atoms with Crippen LogP contribution in [0.1, 0.15) is 15.9 Å². The molecule has 0 saturated carbocycles. The molecule has 0 fully saturated rings. The molecule has 0 aliphatic heterocycles. The Morgan fingerprint density at radius 1 is 0.864 bits per heavy atom. The zero-order chi connectivity index (χ0) is 16.2. The molecule has 2 nitrogen and oxygen atoms in total. The van der Waals surface area contributed by atoms with Crippen molar-refractivity contribution < 1.29 is 13.6 Å². The minimum Gasteiger partial charge on any atom is -0.542 e. The number of ketones is 1. The van der Waals surface area contributed by atoms with Gasteiger partial charge in [-0.1, -0.05) is 60.7 Å². The third kappa shape index (κ3) is 4.15.